The van der Waals surface area contributed by atoms with Gasteiger partial charge in [-0.15, -0.1) is 11.3 Å². The molecule has 0 unspecified atom stereocenters. The highest BCUT2D eigenvalue weighted by Gasteiger charge is 2.38. The predicted octanol–water partition coefficient (Wildman–Crippen LogP) is 2.48. The third-order valence-corrected chi connectivity index (χ3v) is 4.98. The maximum atomic E-state index is 12.7. The molecule has 126 valence electrons. The van der Waals surface area contributed by atoms with Crippen molar-refractivity contribution in [3.8, 4) is 5.75 Å². The number of thiazole rings is 1. The van der Waals surface area contributed by atoms with E-state index in [1.54, 1.807) is 25.3 Å². The maximum Gasteiger partial charge on any atom is 0.233 e. The van der Waals surface area contributed by atoms with Crippen LogP contribution in [0.3, 0.4) is 0 Å². The molecular weight excluding hydrogens is 326 g/mol. The van der Waals surface area contributed by atoms with Gasteiger partial charge in [0, 0.05) is 31.6 Å². The lowest BCUT2D eigenvalue weighted by Gasteiger charge is -2.21. The predicted molar refractivity (Wildman–Crippen MR) is 93.7 cm³/mol. The topological polar surface area (TPSA) is 62.7 Å². The molecule has 3 rings (SSSR count). The van der Waals surface area contributed by atoms with Crippen molar-refractivity contribution in [1.82, 2.24) is 4.98 Å². The highest BCUT2D eigenvalue weighted by atomic mass is 32.1. The van der Waals surface area contributed by atoms with E-state index in [1.807, 2.05) is 30.5 Å². The average Bonchev–Trinajstić information content (AvgIpc) is 3.23. The van der Waals surface area contributed by atoms with Crippen molar-refractivity contribution in [1.29, 1.82) is 0 Å². The molecule has 0 radical (unpaired) electrons. The lowest BCUT2D eigenvalue weighted by molar-refractivity contribution is -0.124. The van der Waals surface area contributed by atoms with Gasteiger partial charge >= 0.3 is 0 Å². The molecule has 2 amide bonds. The van der Waals surface area contributed by atoms with Crippen LogP contribution in [0.1, 0.15) is 12.0 Å². The number of hydrogen-bond acceptors (Lipinski definition) is 5. The summed E-state index contributed by atoms with van der Waals surface area (Å²) in [5.41, 5.74) is 1.75. The number of carbonyl (C=O) groups is 2. The normalized spacial score (nSPS) is 17.2. The minimum atomic E-state index is -0.378. The second-order valence-electron chi connectivity index (χ2n) is 5.79. The summed E-state index contributed by atoms with van der Waals surface area (Å²) in [5.74, 6) is 0.101. The van der Waals surface area contributed by atoms with Crippen molar-refractivity contribution in [2.24, 2.45) is 5.92 Å². The van der Waals surface area contributed by atoms with Gasteiger partial charge in [-0.05, 0) is 24.6 Å². The number of methoxy groups -OCH3 is 1. The molecule has 0 bridgehead atoms. The SMILES string of the molecule is COc1ccc(C)cc1N1C[C@@H](C(=O)N(C)c2nccs2)CC1=O. The number of nitrogens with zero attached hydrogens (tertiary/aromatic N) is 3. The Morgan fingerprint density at radius 1 is 1.46 bits per heavy atom. The molecule has 24 heavy (non-hydrogen) atoms. The standard InChI is InChI=1S/C17H19N3O3S/c1-11-4-5-14(23-3)13(8-11)20-10-12(9-15(20)21)16(22)19(2)17-18-6-7-24-17/h4-8,12H,9-10H2,1-3H3/t12-/m0/s1. The Kier molecular flexibility index (Phi) is 4.53. The fourth-order valence-corrected chi connectivity index (χ4v) is 3.48. The van der Waals surface area contributed by atoms with Gasteiger partial charge in [0.05, 0.1) is 18.7 Å². The van der Waals surface area contributed by atoms with E-state index in [9.17, 15) is 9.59 Å². The first-order valence-electron chi connectivity index (χ1n) is 7.63. The summed E-state index contributed by atoms with van der Waals surface area (Å²) in [6, 6.07) is 5.69. The molecule has 2 heterocycles. The minimum Gasteiger partial charge on any atom is -0.495 e. The Labute approximate surface area is 144 Å². The fourth-order valence-electron chi connectivity index (χ4n) is 2.87. The molecule has 1 aromatic heterocycles. The number of aromatic nitrogens is 1. The van der Waals surface area contributed by atoms with Crippen LogP contribution in [0.25, 0.3) is 0 Å². The zero-order valence-corrected chi connectivity index (χ0v) is 14.7. The van der Waals surface area contributed by atoms with Crippen molar-refractivity contribution in [2.45, 2.75) is 13.3 Å². The smallest absolute Gasteiger partial charge is 0.233 e. The molecule has 0 aliphatic carbocycles. The van der Waals surface area contributed by atoms with Crippen molar-refractivity contribution >= 4 is 34.0 Å². The van der Waals surface area contributed by atoms with Gasteiger partial charge in [0.25, 0.3) is 0 Å². The first kappa shape index (κ1) is 16.4. The Balaban J connectivity index is 1.81. The summed E-state index contributed by atoms with van der Waals surface area (Å²) >= 11 is 1.40. The summed E-state index contributed by atoms with van der Waals surface area (Å²) in [6.07, 6.45) is 1.86. The van der Waals surface area contributed by atoms with Crippen molar-refractivity contribution in [3.63, 3.8) is 0 Å². The Morgan fingerprint density at radius 3 is 2.92 bits per heavy atom. The number of anilines is 2. The number of hydrogen-bond donors (Lipinski definition) is 0. The zero-order valence-electron chi connectivity index (χ0n) is 13.9. The molecule has 1 aliphatic heterocycles. The van der Waals surface area contributed by atoms with Gasteiger partial charge in [-0.3, -0.25) is 14.5 Å². The van der Waals surface area contributed by atoms with E-state index in [0.717, 1.165) is 11.3 Å². The van der Waals surface area contributed by atoms with E-state index in [4.69, 9.17) is 4.74 Å². The Hall–Kier alpha value is -2.41. The number of carbonyl (C=O) groups excluding carboxylic acids is 2. The summed E-state index contributed by atoms with van der Waals surface area (Å²) in [6.45, 7) is 2.32. The molecule has 1 aromatic carbocycles. The van der Waals surface area contributed by atoms with E-state index in [-0.39, 0.29) is 24.2 Å². The molecule has 0 spiro atoms. The second kappa shape index (κ2) is 6.60. The highest BCUT2D eigenvalue weighted by Crippen LogP contribution is 2.34. The van der Waals surface area contributed by atoms with Crippen LogP contribution in [-0.4, -0.2) is 37.5 Å². The molecule has 7 heteroatoms. The first-order valence-corrected chi connectivity index (χ1v) is 8.51. The molecule has 1 aliphatic rings. The van der Waals surface area contributed by atoms with Crippen molar-refractivity contribution < 1.29 is 14.3 Å². The first-order chi connectivity index (χ1) is 11.5. The average molecular weight is 345 g/mol. The number of ether oxygens (including phenoxy) is 1. The third-order valence-electron chi connectivity index (χ3n) is 4.14. The second-order valence-corrected chi connectivity index (χ2v) is 6.67. The van der Waals surface area contributed by atoms with Gasteiger partial charge < -0.3 is 9.64 Å². The fraction of sp³-hybridized carbons (Fsp3) is 0.353. The largest absolute Gasteiger partial charge is 0.495 e. The molecule has 1 saturated heterocycles. The Morgan fingerprint density at radius 2 is 2.25 bits per heavy atom. The van der Waals surface area contributed by atoms with E-state index >= 15 is 0 Å². The minimum absolute atomic E-state index is 0.0650. The number of amides is 2. The van der Waals surface area contributed by atoms with Crippen LogP contribution < -0.4 is 14.5 Å². The lowest BCUT2D eigenvalue weighted by atomic mass is 10.1. The van der Waals surface area contributed by atoms with E-state index < -0.39 is 0 Å². The monoisotopic (exact) mass is 345 g/mol. The van der Waals surface area contributed by atoms with Crippen LogP contribution >= 0.6 is 11.3 Å². The summed E-state index contributed by atoms with van der Waals surface area (Å²) in [5, 5.41) is 2.46. The van der Waals surface area contributed by atoms with Crippen molar-refractivity contribution in [2.75, 3.05) is 30.5 Å². The quantitative estimate of drug-likeness (QED) is 0.854. The number of aryl methyl sites for hydroxylation is 1. The zero-order chi connectivity index (χ0) is 17.3. The van der Waals surface area contributed by atoms with Crippen LogP contribution in [0.2, 0.25) is 0 Å². The number of rotatable bonds is 4. The summed E-state index contributed by atoms with van der Waals surface area (Å²) in [4.78, 5) is 32.5. The molecule has 0 N–H and O–H groups in total. The third kappa shape index (κ3) is 2.99. The lowest BCUT2D eigenvalue weighted by Crippen LogP contribution is -2.34. The van der Waals surface area contributed by atoms with E-state index in [1.165, 1.54) is 16.2 Å². The van der Waals surface area contributed by atoms with Gasteiger partial charge in [0.1, 0.15) is 5.75 Å². The van der Waals surface area contributed by atoms with Gasteiger partial charge in [-0.2, -0.15) is 0 Å². The summed E-state index contributed by atoms with van der Waals surface area (Å²) < 4.78 is 5.37. The van der Waals surface area contributed by atoms with Crippen LogP contribution in [0.5, 0.6) is 5.75 Å². The van der Waals surface area contributed by atoms with Gasteiger partial charge in [-0.25, -0.2) is 4.98 Å². The highest BCUT2D eigenvalue weighted by molar-refractivity contribution is 7.13. The maximum absolute atomic E-state index is 12.7. The van der Waals surface area contributed by atoms with Crippen molar-refractivity contribution in [3.05, 3.63) is 35.3 Å². The molecule has 0 saturated carbocycles. The van der Waals surface area contributed by atoms with Crippen LogP contribution in [0.4, 0.5) is 10.8 Å². The van der Waals surface area contributed by atoms with E-state index in [0.29, 0.717) is 17.4 Å². The van der Waals surface area contributed by atoms with E-state index in [2.05, 4.69) is 4.98 Å². The van der Waals surface area contributed by atoms with Gasteiger partial charge in [0.15, 0.2) is 5.13 Å². The molecule has 1 fully saturated rings. The van der Waals surface area contributed by atoms with Crippen LogP contribution in [-0.2, 0) is 9.59 Å². The molecule has 2 aromatic rings. The molecule has 1 atom stereocenters. The molecule has 6 nitrogen and oxygen atoms in total. The van der Waals surface area contributed by atoms with Gasteiger partial charge in [0.2, 0.25) is 11.8 Å². The van der Waals surface area contributed by atoms with Gasteiger partial charge in [-0.1, -0.05) is 6.07 Å². The van der Waals surface area contributed by atoms with Crippen LogP contribution in [0.15, 0.2) is 29.8 Å². The summed E-state index contributed by atoms with van der Waals surface area (Å²) in [7, 11) is 3.27. The Bertz CT molecular complexity index is 760. The van der Waals surface area contributed by atoms with Crippen LogP contribution in [0, 0.1) is 12.8 Å². The number of benzene rings is 1. The molecular formula is C17H19N3O3S.